The van der Waals surface area contributed by atoms with Gasteiger partial charge in [-0.3, -0.25) is 0 Å². The maximum absolute atomic E-state index is 9.01. The summed E-state index contributed by atoms with van der Waals surface area (Å²) in [7, 11) is 2.01. The van der Waals surface area contributed by atoms with Crippen LogP contribution in [0.25, 0.3) is 17.0 Å². The van der Waals surface area contributed by atoms with E-state index in [1.54, 1.807) is 0 Å². The molecule has 3 rings (SSSR count). The highest BCUT2D eigenvalue weighted by atomic mass is 14.9. The number of rotatable bonds is 0. The molecule has 1 atom stereocenters. The number of allylic oxidation sites excluding steroid dienone is 1. The van der Waals surface area contributed by atoms with Gasteiger partial charge in [0.25, 0.3) is 0 Å². The molecule has 0 saturated carbocycles. The van der Waals surface area contributed by atoms with E-state index in [1.165, 1.54) is 5.69 Å². The van der Waals surface area contributed by atoms with E-state index in [9.17, 15) is 0 Å². The third kappa shape index (κ3) is 1.35. The first kappa shape index (κ1) is 10.6. The molecular formula is C15H11N3. The topological polar surface area (TPSA) is 52.5 Å². The van der Waals surface area contributed by atoms with Gasteiger partial charge >= 0.3 is 0 Å². The lowest BCUT2D eigenvalue weighted by Crippen LogP contribution is -2.07. The van der Waals surface area contributed by atoms with Gasteiger partial charge in [-0.25, -0.2) is 0 Å². The predicted molar refractivity (Wildman–Crippen MR) is 69.5 cm³/mol. The number of nitriles is 2. The van der Waals surface area contributed by atoms with Crippen molar-refractivity contribution < 1.29 is 0 Å². The summed E-state index contributed by atoms with van der Waals surface area (Å²) in [5, 5.41) is 19.1. The summed E-state index contributed by atoms with van der Waals surface area (Å²) in [5.74, 6) is -0.0454. The number of aryl methyl sites for hydroxylation is 1. The smallest absolute Gasteiger partial charge is 0.0991 e. The number of benzene rings is 1. The molecule has 0 amide bonds. The summed E-state index contributed by atoms with van der Waals surface area (Å²) in [6.45, 7) is 0. The van der Waals surface area contributed by atoms with Gasteiger partial charge in [-0.2, -0.15) is 10.5 Å². The standard InChI is InChI=1S/C15H11N3/c1-18-14-5-3-10(8-16)6-13(14)12-4-2-11(9-17)7-15(12)18/h2-6,11H,7H2,1H3. The molecule has 3 heteroatoms. The lowest BCUT2D eigenvalue weighted by molar-refractivity contribution is 0.740. The van der Waals surface area contributed by atoms with E-state index in [0.717, 1.165) is 22.9 Å². The number of hydrogen-bond donors (Lipinski definition) is 0. The molecular weight excluding hydrogens is 222 g/mol. The van der Waals surface area contributed by atoms with Crippen LogP contribution < -0.4 is 0 Å². The second-order valence-corrected chi connectivity index (χ2v) is 4.56. The van der Waals surface area contributed by atoms with Crippen molar-refractivity contribution in [1.82, 2.24) is 4.57 Å². The van der Waals surface area contributed by atoms with Crippen molar-refractivity contribution in [3.63, 3.8) is 0 Å². The Morgan fingerprint density at radius 2 is 2.17 bits per heavy atom. The summed E-state index contributed by atoms with van der Waals surface area (Å²) >= 11 is 0. The Hall–Kier alpha value is -2.52. The Morgan fingerprint density at radius 1 is 1.33 bits per heavy atom. The highest BCUT2D eigenvalue weighted by molar-refractivity contribution is 5.92. The second kappa shape index (κ2) is 3.75. The van der Waals surface area contributed by atoms with E-state index >= 15 is 0 Å². The number of aromatic nitrogens is 1. The monoisotopic (exact) mass is 233 g/mol. The third-order valence-corrected chi connectivity index (χ3v) is 3.57. The first-order valence-corrected chi connectivity index (χ1v) is 5.84. The molecule has 0 saturated heterocycles. The van der Waals surface area contributed by atoms with Gasteiger partial charge in [0, 0.05) is 35.6 Å². The van der Waals surface area contributed by atoms with Crippen LogP contribution in [-0.2, 0) is 13.5 Å². The van der Waals surface area contributed by atoms with Crippen molar-refractivity contribution in [1.29, 1.82) is 10.5 Å². The fraction of sp³-hybridized carbons (Fsp3) is 0.200. The lowest BCUT2D eigenvalue weighted by Gasteiger charge is -2.12. The summed E-state index contributed by atoms with van der Waals surface area (Å²) in [5.41, 5.74) is 4.11. The fourth-order valence-corrected chi connectivity index (χ4v) is 2.61. The quantitative estimate of drug-likeness (QED) is 0.702. The average molecular weight is 233 g/mol. The first-order chi connectivity index (χ1) is 8.74. The van der Waals surface area contributed by atoms with Crippen LogP contribution >= 0.6 is 0 Å². The van der Waals surface area contributed by atoms with Crippen molar-refractivity contribution in [3.05, 3.63) is 41.1 Å². The number of nitrogens with zero attached hydrogens (tertiary/aromatic N) is 3. The molecule has 0 radical (unpaired) electrons. The van der Waals surface area contributed by atoms with Gasteiger partial charge in [0.2, 0.25) is 0 Å². The van der Waals surface area contributed by atoms with Crippen LogP contribution in [0.3, 0.4) is 0 Å². The van der Waals surface area contributed by atoms with Crippen molar-refractivity contribution in [2.75, 3.05) is 0 Å². The van der Waals surface area contributed by atoms with Gasteiger partial charge in [-0.15, -0.1) is 0 Å². The van der Waals surface area contributed by atoms with Crippen LogP contribution in [0.4, 0.5) is 0 Å². The normalized spacial score (nSPS) is 17.2. The Labute approximate surface area is 105 Å². The van der Waals surface area contributed by atoms with E-state index in [2.05, 4.69) is 16.7 Å². The molecule has 1 unspecified atom stereocenters. The van der Waals surface area contributed by atoms with Crippen molar-refractivity contribution in [2.24, 2.45) is 13.0 Å². The van der Waals surface area contributed by atoms with Crippen LogP contribution in [0.1, 0.15) is 16.8 Å². The van der Waals surface area contributed by atoms with Gasteiger partial charge in [0.1, 0.15) is 0 Å². The minimum atomic E-state index is -0.0454. The predicted octanol–water partition coefficient (Wildman–Crippen LogP) is 2.76. The first-order valence-electron chi connectivity index (χ1n) is 5.84. The second-order valence-electron chi connectivity index (χ2n) is 4.56. The molecule has 1 aliphatic rings. The van der Waals surface area contributed by atoms with E-state index in [1.807, 2.05) is 37.4 Å². The minimum Gasteiger partial charge on any atom is -0.347 e. The van der Waals surface area contributed by atoms with Crippen LogP contribution in [0.15, 0.2) is 24.3 Å². The van der Waals surface area contributed by atoms with Gasteiger partial charge in [0.15, 0.2) is 0 Å². The fourth-order valence-electron chi connectivity index (χ4n) is 2.61. The number of fused-ring (bicyclic) bond motifs is 3. The van der Waals surface area contributed by atoms with Gasteiger partial charge in [-0.05, 0) is 18.2 Å². The molecule has 1 aromatic carbocycles. The molecule has 1 aliphatic carbocycles. The highest BCUT2D eigenvalue weighted by Gasteiger charge is 2.20. The molecule has 1 heterocycles. The van der Waals surface area contributed by atoms with E-state index < -0.39 is 0 Å². The van der Waals surface area contributed by atoms with Crippen LogP contribution in [0.5, 0.6) is 0 Å². The summed E-state index contributed by atoms with van der Waals surface area (Å²) in [6, 6.07) is 10.2. The van der Waals surface area contributed by atoms with Gasteiger partial charge < -0.3 is 4.57 Å². The Morgan fingerprint density at radius 3 is 2.89 bits per heavy atom. The zero-order valence-corrected chi connectivity index (χ0v) is 10.0. The molecule has 1 aromatic heterocycles. The zero-order chi connectivity index (χ0) is 12.7. The van der Waals surface area contributed by atoms with Crippen LogP contribution in [0.2, 0.25) is 0 Å². The van der Waals surface area contributed by atoms with Gasteiger partial charge in [-0.1, -0.05) is 12.2 Å². The van der Waals surface area contributed by atoms with Gasteiger partial charge in [0.05, 0.1) is 23.6 Å². The number of hydrogen-bond acceptors (Lipinski definition) is 2. The molecule has 2 aromatic rings. The third-order valence-electron chi connectivity index (χ3n) is 3.57. The zero-order valence-electron chi connectivity index (χ0n) is 10.0. The lowest BCUT2D eigenvalue weighted by atomic mass is 9.94. The maximum atomic E-state index is 9.01. The van der Waals surface area contributed by atoms with E-state index in [4.69, 9.17) is 10.5 Å². The molecule has 0 bridgehead atoms. The molecule has 86 valence electrons. The highest BCUT2D eigenvalue weighted by Crippen LogP contribution is 2.32. The maximum Gasteiger partial charge on any atom is 0.0991 e. The largest absolute Gasteiger partial charge is 0.347 e. The van der Waals surface area contributed by atoms with Crippen molar-refractivity contribution in [3.8, 4) is 12.1 Å². The molecule has 18 heavy (non-hydrogen) atoms. The molecule has 3 nitrogen and oxygen atoms in total. The average Bonchev–Trinajstić information content (AvgIpc) is 2.71. The molecule has 0 N–H and O–H groups in total. The van der Waals surface area contributed by atoms with Crippen LogP contribution in [0, 0.1) is 28.6 Å². The van der Waals surface area contributed by atoms with E-state index in [-0.39, 0.29) is 5.92 Å². The summed E-state index contributed by atoms with van der Waals surface area (Å²) in [4.78, 5) is 0. The van der Waals surface area contributed by atoms with Crippen molar-refractivity contribution >= 4 is 17.0 Å². The Balaban J connectivity index is 2.31. The molecule has 0 fully saturated rings. The van der Waals surface area contributed by atoms with E-state index in [0.29, 0.717) is 5.56 Å². The molecule has 0 aliphatic heterocycles. The summed E-state index contributed by atoms with van der Waals surface area (Å²) < 4.78 is 2.12. The Kier molecular flexibility index (Phi) is 2.21. The molecule has 0 spiro atoms. The minimum absolute atomic E-state index is 0.0454. The summed E-state index contributed by atoms with van der Waals surface area (Å²) in [6.07, 6.45) is 4.70. The van der Waals surface area contributed by atoms with Crippen molar-refractivity contribution in [2.45, 2.75) is 6.42 Å². The Bertz CT molecular complexity index is 751. The SMILES string of the molecule is Cn1c2c(c3cc(C#N)ccc31)C=CC(C#N)C2. The van der Waals surface area contributed by atoms with Crippen LogP contribution in [-0.4, -0.2) is 4.57 Å².